The maximum Gasteiger partial charge on any atom is 0.0100 e. The lowest BCUT2D eigenvalue weighted by atomic mass is 9.06. The van der Waals surface area contributed by atoms with Crippen LogP contribution in [0.4, 0.5) is 0 Å². The fourth-order valence-corrected chi connectivity index (χ4v) is 7.15. The van der Waals surface area contributed by atoms with Crippen LogP contribution in [0.25, 0.3) is 0 Å². The quantitative estimate of drug-likeness (QED) is 0.455. The van der Waals surface area contributed by atoms with E-state index in [1.54, 1.807) is 83.4 Å². The van der Waals surface area contributed by atoms with E-state index in [2.05, 4.69) is 6.92 Å². The summed E-state index contributed by atoms with van der Waals surface area (Å²) in [7, 11) is 0. The molecule has 1 heteroatoms. The Morgan fingerprint density at radius 3 is 1.30 bits per heavy atom. The highest BCUT2D eigenvalue weighted by molar-refractivity contribution is 6.84. The molecule has 0 amide bonds. The molecule has 0 radical (unpaired) electrons. The van der Waals surface area contributed by atoms with Gasteiger partial charge in [0.05, 0.1) is 0 Å². The van der Waals surface area contributed by atoms with Gasteiger partial charge in [-0.05, 0) is 0 Å². The van der Waals surface area contributed by atoms with Gasteiger partial charge in [0.15, 0.2) is 0 Å². The van der Waals surface area contributed by atoms with Crippen LogP contribution in [0.1, 0.15) is 96.8 Å². The average molecular weight is 275 g/mol. The van der Waals surface area contributed by atoms with Gasteiger partial charge in [0.2, 0.25) is 0 Å². The third-order valence-corrected chi connectivity index (χ3v) is 7.89. The first kappa shape index (κ1) is 15.0. The molecule has 116 valence electrons. The van der Waals surface area contributed by atoms with Gasteiger partial charge in [0.1, 0.15) is 0 Å². The molecule has 20 heavy (non-hydrogen) atoms. The molecule has 0 unspecified atom stereocenters. The Kier molecular flexibility index (Phi) is 5.16. The van der Waals surface area contributed by atoms with Gasteiger partial charge < -0.3 is 0 Å². The Bertz CT molecular complexity index is 239. The molecule has 0 spiro atoms. The van der Waals surface area contributed by atoms with E-state index in [1.807, 2.05) is 0 Å². The molecule has 0 bridgehead atoms. The second-order valence-electron chi connectivity index (χ2n) is 8.56. The van der Waals surface area contributed by atoms with Gasteiger partial charge in [0, 0.05) is 6.15 Å². The van der Waals surface area contributed by atoms with Crippen LogP contribution in [0.5, 0.6) is 0 Å². The summed E-state index contributed by atoms with van der Waals surface area (Å²) in [6.07, 6.45) is 23.6. The van der Waals surface area contributed by atoms with Gasteiger partial charge in [-0.2, -0.15) is 23.8 Å². The summed E-state index contributed by atoms with van der Waals surface area (Å²) in [4.78, 5) is 0. The molecule has 3 rings (SSSR count). The van der Waals surface area contributed by atoms with E-state index in [9.17, 15) is 0 Å². The molecule has 3 saturated carbocycles. The van der Waals surface area contributed by atoms with Gasteiger partial charge in [-0.1, -0.05) is 96.8 Å². The van der Waals surface area contributed by atoms with Gasteiger partial charge in [-0.25, -0.2) is 0 Å². The molecule has 3 aliphatic rings. The lowest BCUT2D eigenvalue weighted by molar-refractivity contribution is 0.651. The highest BCUT2D eigenvalue weighted by atomic mass is 14.3. The molecule has 0 nitrogen and oxygen atoms in total. The van der Waals surface area contributed by atoms with E-state index in [-0.39, 0.29) is 6.15 Å². The van der Waals surface area contributed by atoms with E-state index in [4.69, 9.17) is 0 Å². The van der Waals surface area contributed by atoms with Gasteiger partial charge in [-0.3, -0.25) is 0 Å². The van der Waals surface area contributed by atoms with E-state index < -0.39 is 0 Å². The lowest BCUT2D eigenvalue weighted by Crippen LogP contribution is -2.47. The predicted octanol–water partition coefficient (Wildman–Crippen LogP) is 7.07. The first-order chi connectivity index (χ1) is 9.88. The zero-order valence-electron chi connectivity index (χ0n) is 13.9. The van der Waals surface area contributed by atoms with Crippen molar-refractivity contribution in [2.75, 3.05) is 0 Å². The monoisotopic (exact) mass is 275 g/mol. The summed E-state index contributed by atoms with van der Waals surface area (Å²) in [6.45, 7) is 2.42. The molecular weight excluding hydrogens is 239 g/mol. The number of hydrogen-bond donors (Lipinski definition) is 0. The zero-order chi connectivity index (χ0) is 13.8. The second kappa shape index (κ2) is 6.88. The van der Waals surface area contributed by atoms with Crippen LogP contribution in [0.3, 0.4) is 0 Å². The summed E-state index contributed by atoms with van der Waals surface area (Å²) in [5.74, 6) is 3.52. The van der Waals surface area contributed by atoms with E-state index in [0.29, 0.717) is 0 Å². The van der Waals surface area contributed by atoms with Gasteiger partial charge >= 0.3 is 0 Å². The largest absolute Gasteiger partial charge is 0.177 e. The molecule has 0 N–H and O–H groups in total. The minimum Gasteiger partial charge on any atom is -0.177 e. The first-order valence-corrected chi connectivity index (χ1v) is 10.1. The van der Waals surface area contributed by atoms with E-state index in [0.717, 1.165) is 0 Å². The van der Waals surface area contributed by atoms with Crippen molar-refractivity contribution in [1.82, 2.24) is 0 Å². The fraction of sp³-hybridized carbons (Fsp3) is 1.00. The van der Waals surface area contributed by atoms with Crippen LogP contribution in [0, 0.1) is 0 Å². The predicted molar refractivity (Wildman–Crippen MR) is 92.1 cm³/mol. The Hall–Kier alpha value is 0.0649. The highest BCUT2D eigenvalue weighted by Crippen LogP contribution is 2.60. The van der Waals surface area contributed by atoms with Crippen LogP contribution in [-0.4, -0.2) is 6.15 Å². The maximum absolute atomic E-state index is 2.42. The summed E-state index contributed by atoms with van der Waals surface area (Å²) < 4.78 is 0. The Morgan fingerprint density at radius 2 is 1.00 bits per heavy atom. The van der Waals surface area contributed by atoms with Crippen molar-refractivity contribution in [2.45, 2.75) is 121 Å². The molecule has 0 aliphatic heterocycles. The van der Waals surface area contributed by atoms with Crippen LogP contribution in [0.2, 0.25) is 23.8 Å². The topological polar surface area (TPSA) is 0 Å². The smallest absolute Gasteiger partial charge is 0.0100 e. The Labute approximate surface area is 127 Å². The third kappa shape index (κ3) is 2.71. The molecule has 0 atom stereocenters. The molecule has 0 aromatic rings. The van der Waals surface area contributed by atoms with Crippen molar-refractivity contribution >= 4 is 6.15 Å². The lowest BCUT2D eigenvalue weighted by Gasteiger charge is -2.55. The van der Waals surface area contributed by atoms with Crippen molar-refractivity contribution in [1.29, 1.82) is 0 Å². The summed E-state index contributed by atoms with van der Waals surface area (Å²) in [6, 6.07) is 0. The SMILES string of the molecule is CCCC[B-](C1CCCC1)(C1CCCC1)C1CCCC1. The van der Waals surface area contributed by atoms with Crippen molar-refractivity contribution in [2.24, 2.45) is 0 Å². The fourth-order valence-electron chi connectivity index (χ4n) is 7.15. The molecule has 3 aliphatic carbocycles. The summed E-state index contributed by atoms with van der Waals surface area (Å²) >= 11 is 0. The van der Waals surface area contributed by atoms with E-state index in [1.165, 1.54) is 30.3 Å². The highest BCUT2D eigenvalue weighted by Gasteiger charge is 2.45. The van der Waals surface area contributed by atoms with Crippen LogP contribution < -0.4 is 0 Å². The van der Waals surface area contributed by atoms with Crippen LogP contribution >= 0.6 is 0 Å². The molecule has 0 aromatic carbocycles. The molecular formula is C19H36B-. The summed E-state index contributed by atoms with van der Waals surface area (Å²) in [5, 5.41) is 0. The number of unbranched alkanes of at least 4 members (excludes halogenated alkanes) is 1. The van der Waals surface area contributed by atoms with Crippen molar-refractivity contribution in [3.05, 3.63) is 0 Å². The molecule has 0 heterocycles. The minimum absolute atomic E-state index is 0.0226. The standard InChI is InChI=1S/C19H36B/c1-2-3-16-20(17-10-4-5-11-17,18-12-6-7-13-18)19-14-8-9-15-19/h17-19H,2-16H2,1H3/q-1. The van der Waals surface area contributed by atoms with Gasteiger partial charge in [0.25, 0.3) is 0 Å². The second-order valence-corrected chi connectivity index (χ2v) is 8.56. The first-order valence-electron chi connectivity index (χ1n) is 10.1. The maximum atomic E-state index is 2.42. The van der Waals surface area contributed by atoms with Crippen LogP contribution in [-0.2, 0) is 0 Å². The number of rotatable bonds is 6. The molecule has 3 fully saturated rings. The van der Waals surface area contributed by atoms with Crippen molar-refractivity contribution in [3.63, 3.8) is 0 Å². The van der Waals surface area contributed by atoms with Crippen molar-refractivity contribution in [3.8, 4) is 0 Å². The Balaban J connectivity index is 1.87. The average Bonchev–Trinajstić information content (AvgIpc) is 3.23. The third-order valence-electron chi connectivity index (χ3n) is 7.89. The van der Waals surface area contributed by atoms with E-state index >= 15 is 0 Å². The zero-order valence-corrected chi connectivity index (χ0v) is 13.9. The van der Waals surface area contributed by atoms with Crippen LogP contribution in [0.15, 0.2) is 0 Å². The molecule has 0 saturated heterocycles. The summed E-state index contributed by atoms with van der Waals surface area (Å²) in [5.41, 5.74) is 0. The van der Waals surface area contributed by atoms with Crippen molar-refractivity contribution < 1.29 is 0 Å². The minimum atomic E-state index is -0.0226. The number of hydrogen-bond acceptors (Lipinski definition) is 0. The molecule has 0 aromatic heterocycles. The Morgan fingerprint density at radius 1 is 0.650 bits per heavy atom. The van der Waals surface area contributed by atoms with Gasteiger partial charge in [-0.15, -0.1) is 0 Å². The normalized spacial score (nSPS) is 26.9.